The zero-order valence-corrected chi connectivity index (χ0v) is 23.9. The molecule has 3 amide bonds. The van der Waals surface area contributed by atoms with Crippen molar-refractivity contribution < 1.29 is 27.6 Å². The zero-order valence-electron chi connectivity index (χ0n) is 23.9. The van der Waals surface area contributed by atoms with E-state index in [0.29, 0.717) is 34.3 Å². The van der Waals surface area contributed by atoms with Crippen molar-refractivity contribution in [3.8, 4) is 11.3 Å². The van der Waals surface area contributed by atoms with Gasteiger partial charge in [-0.1, -0.05) is 25.1 Å². The summed E-state index contributed by atoms with van der Waals surface area (Å²) in [5.41, 5.74) is 1.09. The van der Waals surface area contributed by atoms with Gasteiger partial charge in [-0.15, -0.1) is 0 Å². The summed E-state index contributed by atoms with van der Waals surface area (Å²) < 4.78 is 39.0. The highest BCUT2D eigenvalue weighted by Gasteiger charge is 2.30. The van der Waals surface area contributed by atoms with E-state index < -0.39 is 29.6 Å². The number of hydrogen-bond donors (Lipinski definition) is 3. The Bertz CT molecular complexity index is 1850. The van der Waals surface area contributed by atoms with E-state index in [-0.39, 0.29) is 23.0 Å². The van der Waals surface area contributed by atoms with Gasteiger partial charge in [-0.25, -0.2) is 4.98 Å². The highest BCUT2D eigenvalue weighted by Crippen LogP contribution is 2.31. The molecule has 5 rings (SSSR count). The van der Waals surface area contributed by atoms with Crippen molar-refractivity contribution in [2.75, 3.05) is 11.9 Å². The summed E-state index contributed by atoms with van der Waals surface area (Å²) in [5.74, 6) is -1.19. The van der Waals surface area contributed by atoms with Crippen LogP contribution < -0.4 is 16.0 Å². The fourth-order valence-corrected chi connectivity index (χ4v) is 4.54. The number of rotatable bonds is 9. The number of halogens is 3. The van der Waals surface area contributed by atoms with Crippen molar-refractivity contribution in [2.24, 2.45) is 0 Å². The van der Waals surface area contributed by atoms with Crippen LogP contribution in [0.5, 0.6) is 0 Å². The molecule has 228 valence electrons. The predicted octanol–water partition coefficient (Wildman–Crippen LogP) is 5.96. The summed E-state index contributed by atoms with van der Waals surface area (Å²) in [6.07, 6.45) is -0.759. The third kappa shape index (κ3) is 7.29. The lowest BCUT2D eigenvalue weighted by Crippen LogP contribution is -2.41. The van der Waals surface area contributed by atoms with Gasteiger partial charge in [0.05, 0.1) is 28.0 Å². The zero-order chi connectivity index (χ0) is 32.0. The molecule has 2 aromatic carbocycles. The molecule has 0 unspecified atom stereocenters. The maximum atomic E-state index is 13.2. The molecule has 5 aromatic rings. The fourth-order valence-electron chi connectivity index (χ4n) is 4.54. The van der Waals surface area contributed by atoms with Gasteiger partial charge in [0.25, 0.3) is 11.8 Å². The normalized spacial score (nSPS) is 11.9. The minimum atomic E-state index is -4.48. The highest BCUT2D eigenvalue weighted by molar-refractivity contribution is 6.08. The largest absolute Gasteiger partial charge is 0.416 e. The van der Waals surface area contributed by atoms with Gasteiger partial charge < -0.3 is 16.0 Å². The van der Waals surface area contributed by atoms with E-state index in [2.05, 4.69) is 30.9 Å². The first-order valence-electron chi connectivity index (χ1n) is 14.0. The molecule has 3 heterocycles. The number of alkyl halides is 3. The minimum absolute atomic E-state index is 0.150. The number of carbonyl (C=O) groups is 3. The van der Waals surface area contributed by atoms with Crippen LogP contribution in [0.4, 0.5) is 19.0 Å². The van der Waals surface area contributed by atoms with Gasteiger partial charge in [0.15, 0.2) is 6.04 Å². The molecule has 0 aliphatic heterocycles. The van der Waals surface area contributed by atoms with E-state index in [9.17, 15) is 27.6 Å². The third-order valence-electron chi connectivity index (χ3n) is 6.80. The van der Waals surface area contributed by atoms with Crippen molar-refractivity contribution in [3.63, 3.8) is 0 Å². The Hall–Kier alpha value is -5.65. The molecule has 45 heavy (non-hydrogen) atoms. The fraction of sp³-hybridized carbons (Fsp3) is 0.152. The third-order valence-corrected chi connectivity index (χ3v) is 6.80. The number of amides is 3. The molecule has 3 N–H and O–H groups in total. The quantitative estimate of drug-likeness (QED) is 0.189. The molecule has 0 spiro atoms. The number of nitrogens with zero attached hydrogens (tertiary/aromatic N) is 3. The van der Waals surface area contributed by atoms with Gasteiger partial charge in [0.1, 0.15) is 5.82 Å². The van der Waals surface area contributed by atoms with Gasteiger partial charge in [-0.3, -0.25) is 24.4 Å². The number of aromatic nitrogens is 3. The first kappa shape index (κ1) is 30.8. The smallest absolute Gasteiger partial charge is 0.354 e. The summed E-state index contributed by atoms with van der Waals surface area (Å²) >= 11 is 0. The average Bonchev–Trinajstić information content (AvgIpc) is 3.05. The van der Waals surface area contributed by atoms with E-state index in [1.54, 1.807) is 60.8 Å². The minimum Gasteiger partial charge on any atom is -0.354 e. The van der Waals surface area contributed by atoms with Gasteiger partial charge in [-0.2, -0.15) is 13.2 Å². The monoisotopic (exact) mass is 612 g/mol. The molecule has 1 atom stereocenters. The van der Waals surface area contributed by atoms with Crippen LogP contribution in [0.1, 0.15) is 51.4 Å². The summed E-state index contributed by atoms with van der Waals surface area (Å²) in [5, 5.41) is 8.86. The number of pyridine rings is 3. The van der Waals surface area contributed by atoms with Crippen molar-refractivity contribution >= 4 is 34.4 Å². The molecule has 0 bridgehead atoms. The van der Waals surface area contributed by atoms with E-state index in [0.717, 1.165) is 18.6 Å². The molecule has 0 aliphatic rings. The molecule has 0 aliphatic carbocycles. The molecule has 3 aromatic heterocycles. The van der Waals surface area contributed by atoms with Crippen LogP contribution in [0, 0.1) is 0 Å². The lowest BCUT2D eigenvalue weighted by Gasteiger charge is -2.18. The van der Waals surface area contributed by atoms with E-state index in [4.69, 9.17) is 0 Å². The Morgan fingerprint density at radius 2 is 1.62 bits per heavy atom. The first-order chi connectivity index (χ1) is 21.6. The van der Waals surface area contributed by atoms with Gasteiger partial charge >= 0.3 is 6.18 Å². The predicted molar refractivity (Wildman–Crippen MR) is 162 cm³/mol. The summed E-state index contributed by atoms with van der Waals surface area (Å²) in [4.78, 5) is 52.1. The maximum absolute atomic E-state index is 13.2. The van der Waals surface area contributed by atoms with Gasteiger partial charge in [-0.05, 0) is 73.2 Å². The van der Waals surface area contributed by atoms with Gasteiger partial charge in [0, 0.05) is 35.5 Å². The van der Waals surface area contributed by atoms with Crippen molar-refractivity contribution in [3.05, 3.63) is 120 Å². The second-order valence-corrected chi connectivity index (χ2v) is 9.98. The highest BCUT2D eigenvalue weighted by atomic mass is 19.4. The molecule has 0 radical (unpaired) electrons. The molecule has 9 nitrogen and oxygen atoms in total. The number of anilines is 1. The lowest BCUT2D eigenvalue weighted by molar-refractivity contribution is -0.137. The Morgan fingerprint density at radius 3 is 2.33 bits per heavy atom. The van der Waals surface area contributed by atoms with Crippen LogP contribution >= 0.6 is 0 Å². The number of benzene rings is 2. The summed E-state index contributed by atoms with van der Waals surface area (Å²) in [6, 6.07) is 19.6. The van der Waals surface area contributed by atoms with Gasteiger partial charge in [0.2, 0.25) is 5.91 Å². The van der Waals surface area contributed by atoms with E-state index in [1.165, 1.54) is 24.4 Å². The van der Waals surface area contributed by atoms with E-state index >= 15 is 0 Å². The van der Waals surface area contributed by atoms with Crippen LogP contribution in [-0.4, -0.2) is 39.2 Å². The summed E-state index contributed by atoms with van der Waals surface area (Å²) in [6.45, 7) is 2.38. The second kappa shape index (κ2) is 13.3. The van der Waals surface area contributed by atoms with E-state index in [1.807, 2.05) is 6.92 Å². The van der Waals surface area contributed by atoms with Crippen LogP contribution in [0.25, 0.3) is 22.2 Å². The SMILES string of the molecule is CCCNC(=O)[C@@H](NC(=O)c1ccc2nc(NC(=O)c3cccnc3-c3ccc(C(F)(F)F)cc3)ccc2c1)c1ccccn1. The number of carbonyl (C=O) groups excluding carboxylic acids is 3. The summed E-state index contributed by atoms with van der Waals surface area (Å²) in [7, 11) is 0. The standard InChI is InChI=1S/C33H27F3N6O3/c1-2-16-39-32(45)29(26-7-3-4-17-37-26)42-30(43)22-10-14-25-21(19-22)11-15-27(40-25)41-31(44)24-6-5-18-38-28(24)20-8-12-23(13-9-20)33(34,35)36/h3-15,17-19,29H,2,16H2,1H3,(H,39,45)(H,42,43)(H,40,41,44)/t29-/m0/s1. The Labute approximate surface area is 255 Å². The molecular weight excluding hydrogens is 585 g/mol. The Morgan fingerprint density at radius 1 is 0.844 bits per heavy atom. The van der Waals surface area contributed by atoms with Crippen LogP contribution in [0.3, 0.4) is 0 Å². The average molecular weight is 613 g/mol. The second-order valence-electron chi connectivity index (χ2n) is 9.98. The Balaban J connectivity index is 1.33. The topological polar surface area (TPSA) is 126 Å². The van der Waals surface area contributed by atoms with Crippen LogP contribution in [0.2, 0.25) is 0 Å². The number of nitrogens with one attached hydrogen (secondary N) is 3. The molecule has 0 saturated carbocycles. The first-order valence-corrected chi connectivity index (χ1v) is 14.0. The molecular formula is C33H27F3N6O3. The van der Waals surface area contributed by atoms with Crippen molar-refractivity contribution in [2.45, 2.75) is 25.6 Å². The van der Waals surface area contributed by atoms with Crippen LogP contribution in [-0.2, 0) is 11.0 Å². The molecule has 0 saturated heterocycles. The number of fused-ring (bicyclic) bond motifs is 1. The molecule has 12 heteroatoms. The Kier molecular flexibility index (Phi) is 9.12. The van der Waals surface area contributed by atoms with Crippen molar-refractivity contribution in [1.82, 2.24) is 25.6 Å². The maximum Gasteiger partial charge on any atom is 0.416 e. The lowest BCUT2D eigenvalue weighted by atomic mass is 10.0. The van der Waals surface area contributed by atoms with Crippen LogP contribution in [0.15, 0.2) is 97.3 Å². The number of hydrogen-bond acceptors (Lipinski definition) is 6. The van der Waals surface area contributed by atoms with Crippen molar-refractivity contribution in [1.29, 1.82) is 0 Å². The molecule has 0 fully saturated rings.